The van der Waals surface area contributed by atoms with Gasteiger partial charge in [0.05, 0.1) is 7.11 Å². The lowest BCUT2D eigenvalue weighted by Gasteiger charge is -2.12. The van der Waals surface area contributed by atoms with Crippen LogP contribution in [-0.4, -0.2) is 44.1 Å². The molecule has 1 aromatic rings. The molecule has 0 bridgehead atoms. The highest BCUT2D eigenvalue weighted by molar-refractivity contribution is 14.0. The molecule has 5 nitrogen and oxygen atoms in total. The summed E-state index contributed by atoms with van der Waals surface area (Å²) < 4.78 is 5.12. The zero-order chi connectivity index (χ0) is 14.4. The maximum Gasteiger partial charge on any atom is 0.193 e. The largest absolute Gasteiger partial charge is 0.497 e. The zero-order valence-electron chi connectivity index (χ0n) is 12.7. The average Bonchev–Trinajstić information content (AvgIpc) is 2.94. The minimum absolute atomic E-state index is 0. The van der Waals surface area contributed by atoms with Crippen molar-refractivity contribution in [1.82, 2.24) is 4.90 Å². The van der Waals surface area contributed by atoms with Gasteiger partial charge in [-0.05, 0) is 49.7 Å². The van der Waals surface area contributed by atoms with Crippen LogP contribution in [-0.2, 0) is 0 Å². The summed E-state index contributed by atoms with van der Waals surface area (Å²) in [5, 5.41) is 3.10. The number of nitrogens with one attached hydrogen (secondary N) is 1. The van der Waals surface area contributed by atoms with Gasteiger partial charge in [-0.3, -0.25) is 4.99 Å². The smallest absolute Gasteiger partial charge is 0.193 e. The van der Waals surface area contributed by atoms with Crippen LogP contribution in [0.4, 0.5) is 5.69 Å². The Morgan fingerprint density at radius 1 is 1.43 bits per heavy atom. The van der Waals surface area contributed by atoms with Crippen LogP contribution in [0.15, 0.2) is 29.3 Å². The second-order valence-electron chi connectivity index (χ2n) is 5.13. The molecular formula is C15H25IN4O. The number of aliphatic imine (C=N–C) groups is 1. The first-order valence-electron chi connectivity index (χ1n) is 7.14. The van der Waals surface area contributed by atoms with Crippen molar-refractivity contribution in [2.45, 2.75) is 13.3 Å². The van der Waals surface area contributed by atoms with E-state index < -0.39 is 0 Å². The number of hydrogen-bond donors (Lipinski definition) is 2. The summed E-state index contributed by atoms with van der Waals surface area (Å²) in [6.07, 6.45) is 1.22. The van der Waals surface area contributed by atoms with E-state index in [1.165, 1.54) is 13.0 Å². The van der Waals surface area contributed by atoms with Crippen molar-refractivity contribution >= 4 is 35.6 Å². The lowest BCUT2D eigenvalue weighted by molar-refractivity contribution is 0.344. The Morgan fingerprint density at radius 3 is 2.71 bits per heavy atom. The zero-order valence-corrected chi connectivity index (χ0v) is 15.0. The molecule has 0 amide bonds. The molecule has 2 rings (SSSR count). The van der Waals surface area contributed by atoms with E-state index in [9.17, 15) is 0 Å². The van der Waals surface area contributed by atoms with Crippen LogP contribution in [0.3, 0.4) is 0 Å². The monoisotopic (exact) mass is 404 g/mol. The molecule has 21 heavy (non-hydrogen) atoms. The van der Waals surface area contributed by atoms with Crippen molar-refractivity contribution in [3.63, 3.8) is 0 Å². The van der Waals surface area contributed by atoms with Crippen LogP contribution in [0.2, 0.25) is 0 Å². The quantitative estimate of drug-likeness (QED) is 0.450. The molecule has 0 aliphatic carbocycles. The van der Waals surface area contributed by atoms with Crippen LogP contribution in [0.5, 0.6) is 5.75 Å². The number of anilines is 1. The van der Waals surface area contributed by atoms with Crippen molar-refractivity contribution in [3.8, 4) is 5.75 Å². The first kappa shape index (κ1) is 18.0. The van der Waals surface area contributed by atoms with Crippen molar-refractivity contribution in [2.24, 2.45) is 16.6 Å². The summed E-state index contributed by atoms with van der Waals surface area (Å²) >= 11 is 0. The number of rotatable bonds is 5. The third kappa shape index (κ3) is 5.70. The topological polar surface area (TPSA) is 62.9 Å². The summed E-state index contributed by atoms with van der Waals surface area (Å²) in [7, 11) is 1.65. The average molecular weight is 404 g/mol. The van der Waals surface area contributed by atoms with Gasteiger partial charge in [-0.1, -0.05) is 6.92 Å². The van der Waals surface area contributed by atoms with Gasteiger partial charge in [-0.15, -0.1) is 24.0 Å². The fourth-order valence-corrected chi connectivity index (χ4v) is 2.44. The molecule has 6 heteroatoms. The van der Waals surface area contributed by atoms with Gasteiger partial charge < -0.3 is 20.7 Å². The van der Waals surface area contributed by atoms with Crippen LogP contribution in [0, 0.1) is 5.92 Å². The lowest BCUT2D eigenvalue weighted by Crippen LogP contribution is -2.25. The molecule has 1 aromatic carbocycles. The first-order chi connectivity index (χ1) is 9.71. The van der Waals surface area contributed by atoms with E-state index in [4.69, 9.17) is 10.5 Å². The van der Waals surface area contributed by atoms with Gasteiger partial charge in [-0.25, -0.2) is 0 Å². The van der Waals surface area contributed by atoms with E-state index in [-0.39, 0.29) is 24.0 Å². The third-order valence-electron chi connectivity index (χ3n) is 3.70. The Balaban J connectivity index is 0.00000220. The van der Waals surface area contributed by atoms with Gasteiger partial charge in [0.15, 0.2) is 5.96 Å². The molecule has 0 aromatic heterocycles. The van der Waals surface area contributed by atoms with Gasteiger partial charge in [0.25, 0.3) is 0 Å². The Hall–Kier alpha value is -1.02. The number of nitrogens with two attached hydrogens (primary N) is 1. The first-order valence-corrected chi connectivity index (χ1v) is 7.14. The molecule has 1 heterocycles. The van der Waals surface area contributed by atoms with E-state index in [1.807, 2.05) is 24.3 Å². The second-order valence-corrected chi connectivity index (χ2v) is 5.13. The molecule has 1 fully saturated rings. The predicted molar refractivity (Wildman–Crippen MR) is 98.7 cm³/mol. The molecule has 1 aliphatic heterocycles. The van der Waals surface area contributed by atoms with Gasteiger partial charge in [0.1, 0.15) is 5.75 Å². The van der Waals surface area contributed by atoms with Gasteiger partial charge >= 0.3 is 0 Å². The maximum atomic E-state index is 5.92. The Bertz CT molecular complexity index is 449. The normalized spacial score (nSPS) is 19.1. The molecule has 0 radical (unpaired) electrons. The highest BCUT2D eigenvalue weighted by atomic mass is 127. The molecule has 118 valence electrons. The fraction of sp³-hybridized carbons (Fsp3) is 0.533. The lowest BCUT2D eigenvalue weighted by atomic mass is 10.1. The van der Waals surface area contributed by atoms with Crippen LogP contribution in [0.1, 0.15) is 13.3 Å². The minimum atomic E-state index is 0. The summed E-state index contributed by atoms with van der Waals surface area (Å²) in [5.41, 5.74) is 6.84. The van der Waals surface area contributed by atoms with Crippen molar-refractivity contribution in [2.75, 3.05) is 38.6 Å². The Morgan fingerprint density at radius 2 is 2.14 bits per heavy atom. The number of hydrogen-bond acceptors (Lipinski definition) is 3. The van der Waals surface area contributed by atoms with E-state index in [2.05, 4.69) is 22.1 Å². The van der Waals surface area contributed by atoms with E-state index >= 15 is 0 Å². The number of ether oxygens (including phenoxy) is 1. The van der Waals surface area contributed by atoms with Gasteiger partial charge in [0.2, 0.25) is 0 Å². The van der Waals surface area contributed by atoms with Crippen LogP contribution in [0.25, 0.3) is 0 Å². The molecule has 1 saturated heterocycles. The maximum absolute atomic E-state index is 5.92. The van der Waals surface area contributed by atoms with Crippen molar-refractivity contribution in [1.29, 1.82) is 0 Å². The number of halogens is 1. The molecular weight excluding hydrogens is 379 g/mol. The second kappa shape index (κ2) is 9.09. The highest BCUT2D eigenvalue weighted by Gasteiger charge is 2.20. The van der Waals surface area contributed by atoms with Crippen molar-refractivity contribution < 1.29 is 4.74 Å². The number of nitrogens with zero attached hydrogens (tertiary/aromatic N) is 2. The van der Waals surface area contributed by atoms with E-state index in [1.54, 1.807) is 7.11 Å². The van der Waals surface area contributed by atoms with E-state index in [0.717, 1.165) is 31.1 Å². The predicted octanol–water partition coefficient (Wildman–Crippen LogP) is 2.38. The standard InChI is InChI=1S/C15H24N4O.HI/c1-3-19-9-8-12(11-19)10-17-15(16)18-13-4-6-14(20-2)7-5-13;/h4-7,12H,3,8-11H2,1-2H3,(H3,16,17,18);1H. The third-order valence-corrected chi connectivity index (χ3v) is 3.70. The molecule has 0 spiro atoms. The minimum Gasteiger partial charge on any atom is -0.497 e. The molecule has 0 saturated carbocycles. The number of benzene rings is 1. The number of methoxy groups -OCH3 is 1. The summed E-state index contributed by atoms with van der Waals surface area (Å²) in [6, 6.07) is 7.64. The van der Waals surface area contributed by atoms with Gasteiger partial charge in [0, 0.05) is 18.8 Å². The highest BCUT2D eigenvalue weighted by Crippen LogP contribution is 2.16. The fourth-order valence-electron chi connectivity index (χ4n) is 2.44. The molecule has 1 atom stereocenters. The van der Waals surface area contributed by atoms with Crippen LogP contribution < -0.4 is 15.8 Å². The summed E-state index contributed by atoms with van der Waals surface area (Å²) in [5.74, 6) is 1.94. The summed E-state index contributed by atoms with van der Waals surface area (Å²) in [6.45, 7) is 6.44. The Labute approximate surface area is 144 Å². The molecule has 3 N–H and O–H groups in total. The Kier molecular flexibility index (Phi) is 7.81. The van der Waals surface area contributed by atoms with Crippen LogP contribution >= 0.6 is 24.0 Å². The number of likely N-dealkylation sites (tertiary alicyclic amines) is 1. The van der Waals surface area contributed by atoms with Crippen molar-refractivity contribution in [3.05, 3.63) is 24.3 Å². The number of guanidine groups is 1. The molecule has 1 unspecified atom stereocenters. The van der Waals surface area contributed by atoms with Gasteiger partial charge in [-0.2, -0.15) is 0 Å². The van der Waals surface area contributed by atoms with E-state index in [0.29, 0.717) is 11.9 Å². The summed E-state index contributed by atoms with van der Waals surface area (Å²) in [4.78, 5) is 6.89. The SMILES string of the molecule is CCN1CCC(CN=C(N)Nc2ccc(OC)cc2)C1.I. The molecule has 1 aliphatic rings.